The van der Waals surface area contributed by atoms with Crippen molar-refractivity contribution in [3.8, 4) is 5.75 Å². The van der Waals surface area contributed by atoms with Gasteiger partial charge in [0.05, 0.1) is 18.4 Å². The highest BCUT2D eigenvalue weighted by molar-refractivity contribution is 6.45. The normalized spacial score (nSPS) is 16.5. The second-order valence-electron chi connectivity index (χ2n) is 8.21. The molecule has 3 aromatic rings. The van der Waals surface area contributed by atoms with Crippen molar-refractivity contribution < 1.29 is 14.3 Å². The molecule has 2 amide bonds. The minimum Gasteiger partial charge on any atom is -0.497 e. The molecular formula is C26H25N5O3. The van der Waals surface area contributed by atoms with Gasteiger partial charge < -0.3 is 14.5 Å². The molecule has 0 N–H and O–H groups in total. The van der Waals surface area contributed by atoms with E-state index in [0.717, 1.165) is 5.56 Å². The zero-order chi connectivity index (χ0) is 23.7. The van der Waals surface area contributed by atoms with E-state index in [4.69, 9.17) is 4.74 Å². The van der Waals surface area contributed by atoms with Crippen molar-refractivity contribution in [2.45, 2.75) is 6.92 Å². The Morgan fingerprint density at radius 3 is 2.09 bits per heavy atom. The molecule has 1 aromatic heterocycles. The highest BCUT2D eigenvalue weighted by Crippen LogP contribution is 2.36. The van der Waals surface area contributed by atoms with E-state index in [1.807, 2.05) is 48.2 Å². The Morgan fingerprint density at radius 2 is 1.44 bits per heavy atom. The van der Waals surface area contributed by atoms with Gasteiger partial charge in [0, 0.05) is 38.6 Å². The van der Waals surface area contributed by atoms with Gasteiger partial charge in [-0.2, -0.15) is 0 Å². The molecule has 2 aromatic carbocycles. The Labute approximate surface area is 198 Å². The van der Waals surface area contributed by atoms with E-state index < -0.39 is 0 Å². The molecule has 172 valence electrons. The number of imide groups is 1. The van der Waals surface area contributed by atoms with Crippen LogP contribution in [0.4, 0.5) is 11.6 Å². The molecule has 8 heteroatoms. The topological polar surface area (TPSA) is 78.9 Å². The summed E-state index contributed by atoms with van der Waals surface area (Å²) in [5.74, 6) is 0.750. The van der Waals surface area contributed by atoms with Gasteiger partial charge in [0.25, 0.3) is 11.8 Å². The average Bonchev–Trinajstić information content (AvgIpc) is 3.14. The summed E-state index contributed by atoms with van der Waals surface area (Å²) < 4.78 is 5.28. The lowest BCUT2D eigenvalue weighted by atomic mass is 10.0. The summed E-state index contributed by atoms with van der Waals surface area (Å²) in [7, 11) is 1.60. The van der Waals surface area contributed by atoms with Crippen LogP contribution in [0.1, 0.15) is 11.1 Å². The number of benzene rings is 2. The number of ether oxygens (including phenoxy) is 1. The fraction of sp³-hybridized carbons (Fsp3) is 0.231. The maximum absolute atomic E-state index is 13.8. The Hall–Kier alpha value is -4.20. The summed E-state index contributed by atoms with van der Waals surface area (Å²) in [5.41, 5.74) is 3.02. The molecule has 1 saturated heterocycles. The van der Waals surface area contributed by atoms with Crippen LogP contribution in [0, 0.1) is 6.92 Å². The third-order valence-electron chi connectivity index (χ3n) is 6.23. The number of amides is 2. The smallest absolute Gasteiger partial charge is 0.282 e. The molecule has 0 bridgehead atoms. The monoisotopic (exact) mass is 455 g/mol. The van der Waals surface area contributed by atoms with Gasteiger partial charge >= 0.3 is 0 Å². The summed E-state index contributed by atoms with van der Waals surface area (Å²) in [5, 5.41) is 0. The van der Waals surface area contributed by atoms with E-state index in [-0.39, 0.29) is 11.8 Å². The van der Waals surface area contributed by atoms with Gasteiger partial charge in [0.15, 0.2) is 0 Å². The number of anilines is 2. The zero-order valence-electron chi connectivity index (χ0n) is 19.1. The van der Waals surface area contributed by atoms with Crippen molar-refractivity contribution in [2.75, 3.05) is 43.1 Å². The first-order valence-corrected chi connectivity index (χ1v) is 11.2. The molecule has 2 aliphatic heterocycles. The van der Waals surface area contributed by atoms with E-state index >= 15 is 0 Å². The number of rotatable bonds is 5. The summed E-state index contributed by atoms with van der Waals surface area (Å²) in [6.07, 6.45) is 3.44. The van der Waals surface area contributed by atoms with Gasteiger partial charge in [-0.3, -0.25) is 9.59 Å². The number of carbonyl (C=O) groups excluding carboxylic acids is 2. The molecule has 0 aliphatic carbocycles. The number of para-hydroxylation sites is 1. The summed E-state index contributed by atoms with van der Waals surface area (Å²) in [6.45, 7) is 4.35. The van der Waals surface area contributed by atoms with E-state index in [9.17, 15) is 9.59 Å². The van der Waals surface area contributed by atoms with Crippen LogP contribution in [-0.4, -0.2) is 60.0 Å². The van der Waals surface area contributed by atoms with Crippen LogP contribution in [0.3, 0.4) is 0 Å². The van der Waals surface area contributed by atoms with Crippen molar-refractivity contribution in [3.63, 3.8) is 0 Å². The quantitative estimate of drug-likeness (QED) is 0.548. The number of hydrogen-bond acceptors (Lipinski definition) is 7. The second-order valence-corrected chi connectivity index (χ2v) is 8.21. The first kappa shape index (κ1) is 21.6. The Morgan fingerprint density at radius 1 is 0.794 bits per heavy atom. The number of piperazine rings is 1. The predicted octanol–water partition coefficient (Wildman–Crippen LogP) is 2.90. The molecule has 1 fully saturated rings. The highest BCUT2D eigenvalue weighted by Gasteiger charge is 2.43. The van der Waals surface area contributed by atoms with Crippen LogP contribution in [-0.2, 0) is 9.59 Å². The number of hydrogen-bond donors (Lipinski definition) is 0. The summed E-state index contributed by atoms with van der Waals surface area (Å²) in [6, 6.07) is 16.5. The van der Waals surface area contributed by atoms with Crippen molar-refractivity contribution in [3.05, 3.63) is 83.8 Å². The van der Waals surface area contributed by atoms with Crippen LogP contribution >= 0.6 is 0 Å². The third kappa shape index (κ3) is 3.77. The van der Waals surface area contributed by atoms with Gasteiger partial charge in [-0.15, -0.1) is 0 Å². The standard InChI is InChI=1S/C26H25N5O3/c1-18-6-3-4-7-21(18)31-24(32)22(19-8-10-20(34-2)11-9-19)23(25(31)33)29-14-16-30(17-15-29)26-27-12-5-13-28-26/h3-13H,14-17H2,1-2H3. The Balaban J connectivity index is 1.51. The van der Waals surface area contributed by atoms with Gasteiger partial charge in [-0.05, 0) is 42.3 Å². The zero-order valence-corrected chi connectivity index (χ0v) is 19.1. The SMILES string of the molecule is COc1ccc(C2=C(N3CCN(c4ncccn4)CC3)C(=O)N(c3ccccc3C)C2=O)cc1. The molecule has 2 aliphatic rings. The van der Waals surface area contributed by atoms with Crippen molar-refractivity contribution in [1.82, 2.24) is 14.9 Å². The molecule has 0 spiro atoms. The van der Waals surface area contributed by atoms with E-state index in [1.54, 1.807) is 37.7 Å². The summed E-state index contributed by atoms with van der Waals surface area (Å²) >= 11 is 0. The van der Waals surface area contributed by atoms with Gasteiger partial charge in [-0.1, -0.05) is 30.3 Å². The fourth-order valence-electron chi connectivity index (χ4n) is 4.45. The minimum absolute atomic E-state index is 0.297. The number of aromatic nitrogens is 2. The average molecular weight is 456 g/mol. The molecule has 0 radical (unpaired) electrons. The minimum atomic E-state index is -0.312. The summed E-state index contributed by atoms with van der Waals surface area (Å²) in [4.78, 5) is 41.6. The Kier molecular flexibility index (Phi) is 5.71. The maximum Gasteiger partial charge on any atom is 0.282 e. The number of aryl methyl sites for hydroxylation is 1. The molecule has 0 unspecified atom stereocenters. The van der Waals surface area contributed by atoms with Crippen LogP contribution < -0.4 is 14.5 Å². The lowest BCUT2D eigenvalue weighted by Crippen LogP contribution is -2.48. The van der Waals surface area contributed by atoms with Crippen molar-refractivity contribution >= 4 is 29.0 Å². The first-order valence-electron chi connectivity index (χ1n) is 11.2. The van der Waals surface area contributed by atoms with Crippen molar-refractivity contribution in [1.29, 1.82) is 0 Å². The molecule has 0 saturated carbocycles. The third-order valence-corrected chi connectivity index (χ3v) is 6.23. The largest absolute Gasteiger partial charge is 0.497 e. The molecule has 34 heavy (non-hydrogen) atoms. The molecule has 0 atom stereocenters. The number of nitrogens with zero attached hydrogens (tertiary/aromatic N) is 5. The molecule has 8 nitrogen and oxygen atoms in total. The van der Waals surface area contributed by atoms with E-state index in [2.05, 4.69) is 14.9 Å². The van der Waals surface area contributed by atoms with E-state index in [1.165, 1.54) is 4.90 Å². The number of methoxy groups -OCH3 is 1. The Bertz CT molecular complexity index is 1250. The van der Waals surface area contributed by atoms with Crippen LogP contribution in [0.25, 0.3) is 5.57 Å². The lowest BCUT2D eigenvalue weighted by molar-refractivity contribution is -0.120. The first-order chi connectivity index (χ1) is 16.6. The van der Waals surface area contributed by atoms with Crippen LogP contribution in [0.15, 0.2) is 72.7 Å². The molecule has 5 rings (SSSR count). The van der Waals surface area contributed by atoms with Gasteiger partial charge in [0.1, 0.15) is 11.4 Å². The molecule has 3 heterocycles. The maximum atomic E-state index is 13.8. The number of carbonyl (C=O) groups is 2. The highest BCUT2D eigenvalue weighted by atomic mass is 16.5. The predicted molar refractivity (Wildman–Crippen MR) is 129 cm³/mol. The fourth-order valence-corrected chi connectivity index (χ4v) is 4.45. The van der Waals surface area contributed by atoms with Gasteiger partial charge in [0.2, 0.25) is 5.95 Å². The van der Waals surface area contributed by atoms with Gasteiger partial charge in [-0.25, -0.2) is 14.9 Å². The second kappa shape index (κ2) is 8.97. The van der Waals surface area contributed by atoms with Crippen LogP contribution in [0.5, 0.6) is 5.75 Å². The molecular weight excluding hydrogens is 430 g/mol. The van der Waals surface area contributed by atoms with E-state index in [0.29, 0.717) is 60.4 Å². The van der Waals surface area contributed by atoms with Crippen molar-refractivity contribution in [2.24, 2.45) is 0 Å². The van der Waals surface area contributed by atoms with Crippen LogP contribution in [0.2, 0.25) is 0 Å². The lowest BCUT2D eigenvalue weighted by Gasteiger charge is -2.36.